The van der Waals surface area contributed by atoms with Crippen molar-refractivity contribution in [3.8, 4) is 5.88 Å². The SMILES string of the molecule is COc1nc(N(C)C)sc1CNC(C)CCO. The summed E-state index contributed by atoms with van der Waals surface area (Å²) in [6.07, 6.45) is 0.752. The number of aliphatic hydroxyl groups is 1. The van der Waals surface area contributed by atoms with Crippen molar-refractivity contribution < 1.29 is 9.84 Å². The Morgan fingerprint density at radius 2 is 2.24 bits per heavy atom. The van der Waals surface area contributed by atoms with E-state index in [2.05, 4.69) is 17.2 Å². The second-order valence-electron chi connectivity index (χ2n) is 4.12. The van der Waals surface area contributed by atoms with E-state index in [1.807, 2.05) is 19.0 Å². The van der Waals surface area contributed by atoms with Crippen molar-refractivity contribution in [1.82, 2.24) is 10.3 Å². The molecule has 0 radical (unpaired) electrons. The molecule has 0 bridgehead atoms. The highest BCUT2D eigenvalue weighted by Crippen LogP contribution is 2.30. The van der Waals surface area contributed by atoms with E-state index in [4.69, 9.17) is 9.84 Å². The number of thiazole rings is 1. The lowest BCUT2D eigenvalue weighted by Gasteiger charge is -2.11. The minimum atomic E-state index is 0.205. The first-order valence-corrected chi connectivity index (χ1v) is 6.45. The molecule has 0 aliphatic rings. The molecular formula is C11H21N3O2S. The van der Waals surface area contributed by atoms with Crippen LogP contribution in [0.4, 0.5) is 5.13 Å². The summed E-state index contributed by atoms with van der Waals surface area (Å²) in [5.74, 6) is 0.683. The number of nitrogens with zero attached hydrogens (tertiary/aromatic N) is 2. The smallest absolute Gasteiger partial charge is 0.230 e. The number of ether oxygens (including phenoxy) is 1. The molecule has 1 unspecified atom stereocenters. The van der Waals surface area contributed by atoms with Gasteiger partial charge in [0.1, 0.15) is 0 Å². The molecule has 0 fully saturated rings. The molecule has 2 N–H and O–H groups in total. The molecule has 0 spiro atoms. The van der Waals surface area contributed by atoms with E-state index in [-0.39, 0.29) is 12.6 Å². The molecule has 1 aromatic heterocycles. The van der Waals surface area contributed by atoms with E-state index in [1.54, 1.807) is 18.4 Å². The van der Waals surface area contributed by atoms with Crippen molar-refractivity contribution in [3.63, 3.8) is 0 Å². The second kappa shape index (κ2) is 6.78. The van der Waals surface area contributed by atoms with E-state index in [9.17, 15) is 0 Å². The van der Waals surface area contributed by atoms with Crippen LogP contribution in [0.25, 0.3) is 0 Å². The number of methoxy groups -OCH3 is 1. The highest BCUT2D eigenvalue weighted by atomic mass is 32.1. The molecule has 1 aromatic rings. The molecule has 0 aromatic carbocycles. The van der Waals surface area contributed by atoms with Gasteiger partial charge in [-0.1, -0.05) is 11.3 Å². The van der Waals surface area contributed by atoms with Gasteiger partial charge in [-0.3, -0.25) is 0 Å². The number of hydrogen-bond donors (Lipinski definition) is 2. The summed E-state index contributed by atoms with van der Waals surface area (Å²) in [5.41, 5.74) is 0. The molecular weight excluding hydrogens is 238 g/mol. The predicted molar refractivity (Wildman–Crippen MR) is 71.0 cm³/mol. The van der Waals surface area contributed by atoms with E-state index in [0.29, 0.717) is 5.88 Å². The molecule has 0 saturated heterocycles. The Morgan fingerprint density at radius 3 is 2.76 bits per heavy atom. The largest absolute Gasteiger partial charge is 0.480 e. The van der Waals surface area contributed by atoms with Gasteiger partial charge in [0.25, 0.3) is 0 Å². The number of rotatable bonds is 7. The highest BCUT2D eigenvalue weighted by molar-refractivity contribution is 7.15. The van der Waals surface area contributed by atoms with Gasteiger partial charge in [0.2, 0.25) is 5.88 Å². The Morgan fingerprint density at radius 1 is 1.53 bits per heavy atom. The molecule has 1 atom stereocenters. The van der Waals surface area contributed by atoms with Crippen molar-refractivity contribution in [3.05, 3.63) is 4.88 Å². The lowest BCUT2D eigenvalue weighted by Crippen LogP contribution is -2.26. The monoisotopic (exact) mass is 259 g/mol. The van der Waals surface area contributed by atoms with Gasteiger partial charge in [-0.25, -0.2) is 0 Å². The van der Waals surface area contributed by atoms with Crippen LogP contribution in [0.1, 0.15) is 18.2 Å². The van der Waals surface area contributed by atoms with Gasteiger partial charge < -0.3 is 20.1 Å². The first-order chi connectivity index (χ1) is 8.08. The zero-order valence-electron chi connectivity index (χ0n) is 10.9. The first kappa shape index (κ1) is 14.2. The summed E-state index contributed by atoms with van der Waals surface area (Å²) in [7, 11) is 5.56. The van der Waals surface area contributed by atoms with Crippen LogP contribution < -0.4 is 15.0 Å². The lowest BCUT2D eigenvalue weighted by atomic mass is 10.2. The molecule has 17 heavy (non-hydrogen) atoms. The molecule has 5 nitrogen and oxygen atoms in total. The van der Waals surface area contributed by atoms with Crippen LogP contribution in [0.15, 0.2) is 0 Å². The number of nitrogens with one attached hydrogen (secondary N) is 1. The van der Waals surface area contributed by atoms with Crippen LogP contribution in [-0.4, -0.2) is 43.9 Å². The fourth-order valence-electron chi connectivity index (χ4n) is 1.35. The summed E-state index contributed by atoms with van der Waals surface area (Å²) in [6.45, 7) is 2.98. The van der Waals surface area contributed by atoms with Gasteiger partial charge in [0, 0.05) is 33.3 Å². The first-order valence-electron chi connectivity index (χ1n) is 5.63. The van der Waals surface area contributed by atoms with Crippen LogP contribution in [0.3, 0.4) is 0 Å². The summed E-state index contributed by atoms with van der Waals surface area (Å²) >= 11 is 1.62. The molecule has 6 heteroatoms. The average Bonchev–Trinajstić information content (AvgIpc) is 2.70. The van der Waals surface area contributed by atoms with Crippen molar-refractivity contribution in [2.45, 2.75) is 25.9 Å². The maximum atomic E-state index is 8.83. The van der Waals surface area contributed by atoms with Crippen LogP contribution in [0.5, 0.6) is 5.88 Å². The van der Waals surface area contributed by atoms with Crippen molar-refractivity contribution in [2.24, 2.45) is 0 Å². The fraction of sp³-hybridized carbons (Fsp3) is 0.727. The third-order valence-electron chi connectivity index (χ3n) is 2.40. The Labute approximate surface area is 106 Å². The summed E-state index contributed by atoms with van der Waals surface area (Å²) < 4.78 is 5.25. The van der Waals surface area contributed by atoms with Crippen molar-refractivity contribution in [1.29, 1.82) is 0 Å². The number of aromatic nitrogens is 1. The molecule has 0 aliphatic carbocycles. The topological polar surface area (TPSA) is 57.6 Å². The van der Waals surface area contributed by atoms with E-state index >= 15 is 0 Å². The normalized spacial score (nSPS) is 12.5. The maximum absolute atomic E-state index is 8.83. The Balaban J connectivity index is 2.63. The molecule has 0 amide bonds. The maximum Gasteiger partial charge on any atom is 0.230 e. The molecule has 1 rings (SSSR count). The average molecular weight is 259 g/mol. The number of aliphatic hydroxyl groups excluding tert-OH is 1. The molecule has 0 saturated carbocycles. The standard InChI is InChI=1S/C11H21N3O2S/c1-8(5-6-15)12-7-9-10(16-4)13-11(17-9)14(2)3/h8,12,15H,5-7H2,1-4H3. The van der Waals surface area contributed by atoms with Gasteiger partial charge in [-0.15, -0.1) is 0 Å². The lowest BCUT2D eigenvalue weighted by molar-refractivity contribution is 0.268. The van der Waals surface area contributed by atoms with E-state index < -0.39 is 0 Å². The number of hydrogen-bond acceptors (Lipinski definition) is 6. The third-order valence-corrected chi connectivity index (χ3v) is 3.60. The van der Waals surface area contributed by atoms with Crippen LogP contribution in [0.2, 0.25) is 0 Å². The Kier molecular flexibility index (Phi) is 5.67. The van der Waals surface area contributed by atoms with Crippen molar-refractivity contribution >= 4 is 16.5 Å². The minimum absolute atomic E-state index is 0.205. The number of anilines is 1. The zero-order valence-corrected chi connectivity index (χ0v) is 11.7. The molecule has 98 valence electrons. The Bertz CT molecular complexity index is 341. The van der Waals surface area contributed by atoms with Gasteiger partial charge >= 0.3 is 0 Å². The summed E-state index contributed by atoms with van der Waals surface area (Å²) in [5, 5.41) is 13.1. The highest BCUT2D eigenvalue weighted by Gasteiger charge is 2.13. The predicted octanol–water partition coefficient (Wildman–Crippen LogP) is 1.08. The molecule has 1 heterocycles. The molecule has 0 aliphatic heterocycles. The van der Waals surface area contributed by atoms with Gasteiger partial charge in [-0.2, -0.15) is 4.98 Å². The van der Waals surface area contributed by atoms with Crippen LogP contribution in [0, 0.1) is 0 Å². The van der Waals surface area contributed by atoms with Crippen LogP contribution >= 0.6 is 11.3 Å². The second-order valence-corrected chi connectivity index (χ2v) is 5.18. The van der Waals surface area contributed by atoms with Crippen molar-refractivity contribution in [2.75, 3.05) is 32.7 Å². The van der Waals surface area contributed by atoms with E-state index in [0.717, 1.165) is 23.0 Å². The quantitative estimate of drug-likeness (QED) is 0.767. The minimum Gasteiger partial charge on any atom is -0.480 e. The van der Waals surface area contributed by atoms with E-state index in [1.165, 1.54) is 0 Å². The van der Waals surface area contributed by atoms with Gasteiger partial charge in [0.15, 0.2) is 5.13 Å². The third kappa shape index (κ3) is 4.14. The van der Waals surface area contributed by atoms with Crippen LogP contribution in [-0.2, 0) is 6.54 Å². The van der Waals surface area contributed by atoms with Gasteiger partial charge in [-0.05, 0) is 13.3 Å². The summed E-state index contributed by atoms with van der Waals surface area (Å²) in [4.78, 5) is 7.44. The zero-order chi connectivity index (χ0) is 12.8. The Hall–Kier alpha value is -0.850. The fourth-order valence-corrected chi connectivity index (χ4v) is 2.25. The summed E-state index contributed by atoms with van der Waals surface area (Å²) in [6, 6.07) is 0.287. The van der Waals surface area contributed by atoms with Gasteiger partial charge in [0.05, 0.1) is 12.0 Å².